The van der Waals surface area contributed by atoms with Crippen LogP contribution in [0.15, 0.2) is 12.2 Å². The van der Waals surface area contributed by atoms with Gasteiger partial charge in [0.15, 0.2) is 0 Å². The zero-order valence-electron chi connectivity index (χ0n) is 12.0. The Bertz CT molecular complexity index is 236. The first-order valence-corrected chi connectivity index (χ1v) is 7.15. The summed E-state index contributed by atoms with van der Waals surface area (Å²) in [6.45, 7) is 6.72. The van der Waals surface area contributed by atoms with Crippen molar-refractivity contribution < 1.29 is 14.6 Å². The van der Waals surface area contributed by atoms with Gasteiger partial charge >= 0.3 is 5.97 Å². The Kier molecular flexibility index (Phi) is 10.8. The summed E-state index contributed by atoms with van der Waals surface area (Å²) in [6.07, 6.45) is 8.50. The minimum absolute atomic E-state index is 0.298. The van der Waals surface area contributed by atoms with Crippen LogP contribution in [0.3, 0.4) is 0 Å². The van der Waals surface area contributed by atoms with E-state index in [0.29, 0.717) is 25.4 Å². The highest BCUT2D eigenvalue weighted by Crippen LogP contribution is 2.12. The highest BCUT2D eigenvalue weighted by molar-refractivity contribution is 5.81. The zero-order chi connectivity index (χ0) is 13.8. The number of hydrogen-bond acceptors (Lipinski definition) is 3. The van der Waals surface area contributed by atoms with Crippen molar-refractivity contribution in [2.45, 2.75) is 65.4 Å². The predicted octanol–water partition coefficient (Wildman–Crippen LogP) is 3.46. The molecule has 0 heterocycles. The van der Waals surface area contributed by atoms with Crippen molar-refractivity contribution in [1.82, 2.24) is 0 Å². The number of unbranched alkanes of at least 4 members (excludes halogenated alkanes) is 1. The molecule has 0 rings (SSSR count). The van der Waals surface area contributed by atoms with Crippen LogP contribution in [0.25, 0.3) is 0 Å². The number of carbonyl (C=O) groups excluding carboxylic acids is 1. The zero-order valence-corrected chi connectivity index (χ0v) is 12.0. The largest absolute Gasteiger partial charge is 0.462 e. The van der Waals surface area contributed by atoms with Gasteiger partial charge in [-0.15, -0.1) is 0 Å². The molecule has 2 atom stereocenters. The van der Waals surface area contributed by atoms with Crippen LogP contribution in [0.2, 0.25) is 0 Å². The molecule has 0 saturated carbocycles. The minimum atomic E-state index is -0.359. The predicted molar refractivity (Wildman–Crippen MR) is 74.3 cm³/mol. The standard InChI is InChI=1S/C15H28O3/c1-4-7-9-13(5-2)12-18-15(17)11-8-10-14(16)6-3/h8,11,13-14,16H,4-7,9-10,12H2,1-3H3/b11-8+/t13?,14-/m1/s1. The van der Waals surface area contributed by atoms with Gasteiger partial charge < -0.3 is 9.84 Å². The van der Waals surface area contributed by atoms with Gasteiger partial charge in [-0.05, 0) is 25.2 Å². The van der Waals surface area contributed by atoms with Gasteiger partial charge in [-0.2, -0.15) is 0 Å². The second-order valence-electron chi connectivity index (χ2n) is 4.75. The molecule has 0 amide bonds. The van der Waals surface area contributed by atoms with Crippen LogP contribution >= 0.6 is 0 Å². The average Bonchev–Trinajstić information content (AvgIpc) is 2.38. The second kappa shape index (κ2) is 11.3. The third-order valence-electron chi connectivity index (χ3n) is 3.14. The summed E-state index contributed by atoms with van der Waals surface area (Å²) in [4.78, 5) is 11.4. The molecular formula is C15H28O3. The van der Waals surface area contributed by atoms with E-state index >= 15 is 0 Å². The quantitative estimate of drug-likeness (QED) is 0.481. The molecule has 0 aliphatic heterocycles. The molecule has 1 N–H and O–H groups in total. The summed E-state index contributed by atoms with van der Waals surface area (Å²) >= 11 is 0. The SMILES string of the molecule is CCCCC(CC)COC(=O)/C=C/C[C@H](O)CC. The van der Waals surface area contributed by atoms with E-state index in [0.717, 1.165) is 12.8 Å². The lowest BCUT2D eigenvalue weighted by Gasteiger charge is -2.13. The van der Waals surface area contributed by atoms with E-state index in [1.54, 1.807) is 6.08 Å². The lowest BCUT2D eigenvalue weighted by atomic mass is 10.0. The molecule has 18 heavy (non-hydrogen) atoms. The van der Waals surface area contributed by atoms with Crippen molar-refractivity contribution in [2.24, 2.45) is 5.92 Å². The van der Waals surface area contributed by atoms with Crippen LogP contribution < -0.4 is 0 Å². The molecule has 3 nitrogen and oxygen atoms in total. The van der Waals surface area contributed by atoms with Crippen LogP contribution in [0.1, 0.15) is 59.3 Å². The van der Waals surface area contributed by atoms with Crippen LogP contribution in [0.5, 0.6) is 0 Å². The monoisotopic (exact) mass is 256 g/mol. The van der Waals surface area contributed by atoms with Crippen molar-refractivity contribution in [3.05, 3.63) is 12.2 Å². The molecule has 0 aromatic carbocycles. The Morgan fingerprint density at radius 1 is 1.28 bits per heavy atom. The van der Waals surface area contributed by atoms with Gasteiger partial charge in [-0.3, -0.25) is 0 Å². The van der Waals surface area contributed by atoms with E-state index in [2.05, 4.69) is 13.8 Å². The summed E-state index contributed by atoms with van der Waals surface area (Å²) in [5.74, 6) is 0.178. The molecule has 0 aromatic heterocycles. The van der Waals surface area contributed by atoms with Crippen LogP contribution in [0.4, 0.5) is 0 Å². The Morgan fingerprint density at radius 2 is 2.00 bits per heavy atom. The second-order valence-corrected chi connectivity index (χ2v) is 4.75. The first-order valence-electron chi connectivity index (χ1n) is 7.15. The number of rotatable bonds is 10. The molecule has 0 aromatic rings. The van der Waals surface area contributed by atoms with Gasteiger partial charge in [-0.25, -0.2) is 4.79 Å². The third kappa shape index (κ3) is 9.23. The molecule has 0 aliphatic carbocycles. The summed E-state index contributed by atoms with van der Waals surface area (Å²) in [5, 5.41) is 9.32. The normalized spacial score (nSPS) is 14.7. The maximum Gasteiger partial charge on any atom is 0.330 e. The van der Waals surface area contributed by atoms with Crippen molar-refractivity contribution >= 4 is 5.97 Å². The van der Waals surface area contributed by atoms with E-state index in [9.17, 15) is 9.90 Å². The van der Waals surface area contributed by atoms with E-state index in [1.165, 1.54) is 18.9 Å². The Balaban J connectivity index is 3.79. The number of carbonyl (C=O) groups is 1. The molecule has 3 heteroatoms. The molecule has 0 bridgehead atoms. The lowest BCUT2D eigenvalue weighted by molar-refractivity contribution is -0.139. The number of hydrogen-bond donors (Lipinski definition) is 1. The molecule has 0 spiro atoms. The minimum Gasteiger partial charge on any atom is -0.462 e. The molecule has 0 radical (unpaired) electrons. The Labute approximate surface area is 111 Å². The molecule has 0 fully saturated rings. The van der Waals surface area contributed by atoms with Gasteiger partial charge in [0.25, 0.3) is 0 Å². The first-order chi connectivity index (χ1) is 8.63. The van der Waals surface area contributed by atoms with E-state index in [4.69, 9.17) is 4.74 Å². The molecule has 0 aliphatic rings. The highest BCUT2D eigenvalue weighted by Gasteiger charge is 2.08. The van der Waals surface area contributed by atoms with Crippen molar-refractivity contribution in [1.29, 1.82) is 0 Å². The topological polar surface area (TPSA) is 46.5 Å². The maximum atomic E-state index is 11.4. The number of aliphatic hydroxyl groups is 1. The van der Waals surface area contributed by atoms with Crippen molar-refractivity contribution in [3.8, 4) is 0 Å². The van der Waals surface area contributed by atoms with Gasteiger partial charge in [0, 0.05) is 6.08 Å². The maximum absolute atomic E-state index is 11.4. The number of aliphatic hydroxyl groups excluding tert-OH is 1. The van der Waals surface area contributed by atoms with Crippen molar-refractivity contribution in [3.63, 3.8) is 0 Å². The smallest absolute Gasteiger partial charge is 0.330 e. The highest BCUT2D eigenvalue weighted by atomic mass is 16.5. The summed E-state index contributed by atoms with van der Waals surface area (Å²) < 4.78 is 5.20. The summed E-state index contributed by atoms with van der Waals surface area (Å²) in [6, 6.07) is 0. The van der Waals surface area contributed by atoms with Crippen LogP contribution in [-0.4, -0.2) is 23.8 Å². The molecule has 1 unspecified atom stereocenters. The summed E-state index contributed by atoms with van der Waals surface area (Å²) in [7, 11) is 0. The Morgan fingerprint density at radius 3 is 2.56 bits per heavy atom. The number of ether oxygens (including phenoxy) is 1. The van der Waals surface area contributed by atoms with Gasteiger partial charge in [-0.1, -0.05) is 46.1 Å². The molecule has 0 saturated heterocycles. The molecular weight excluding hydrogens is 228 g/mol. The van der Waals surface area contributed by atoms with Crippen LogP contribution in [-0.2, 0) is 9.53 Å². The molecule has 106 valence electrons. The van der Waals surface area contributed by atoms with Gasteiger partial charge in [0.2, 0.25) is 0 Å². The van der Waals surface area contributed by atoms with E-state index < -0.39 is 0 Å². The van der Waals surface area contributed by atoms with E-state index in [-0.39, 0.29) is 12.1 Å². The fourth-order valence-electron chi connectivity index (χ4n) is 1.63. The fourth-order valence-corrected chi connectivity index (χ4v) is 1.63. The summed E-state index contributed by atoms with van der Waals surface area (Å²) in [5.41, 5.74) is 0. The van der Waals surface area contributed by atoms with Crippen LogP contribution in [0, 0.1) is 5.92 Å². The Hall–Kier alpha value is -0.830. The first kappa shape index (κ1) is 17.2. The lowest BCUT2D eigenvalue weighted by Crippen LogP contribution is -2.12. The van der Waals surface area contributed by atoms with Gasteiger partial charge in [0.05, 0.1) is 12.7 Å². The van der Waals surface area contributed by atoms with E-state index in [1.807, 2.05) is 6.92 Å². The fraction of sp³-hybridized carbons (Fsp3) is 0.800. The average molecular weight is 256 g/mol. The van der Waals surface area contributed by atoms with Gasteiger partial charge in [0.1, 0.15) is 0 Å². The van der Waals surface area contributed by atoms with Crippen molar-refractivity contribution in [2.75, 3.05) is 6.61 Å². The third-order valence-corrected chi connectivity index (χ3v) is 3.14. The number of esters is 1.